The molecule has 0 spiro atoms. The Bertz CT molecular complexity index is 883. The van der Waals surface area contributed by atoms with Gasteiger partial charge in [-0.05, 0) is 37.0 Å². The monoisotopic (exact) mass is 417 g/mol. The summed E-state index contributed by atoms with van der Waals surface area (Å²) in [6.07, 6.45) is 3.32. The fourth-order valence-corrected chi connectivity index (χ4v) is 4.07. The molecule has 1 aliphatic rings. The minimum atomic E-state index is 0. The van der Waals surface area contributed by atoms with E-state index in [1.807, 2.05) is 18.2 Å². The highest BCUT2D eigenvalue weighted by molar-refractivity contribution is 9.10. The molecule has 130 valence electrons. The third kappa shape index (κ3) is 3.46. The summed E-state index contributed by atoms with van der Waals surface area (Å²) in [6.45, 7) is 1.90. The summed E-state index contributed by atoms with van der Waals surface area (Å²) in [5, 5.41) is 1.04. The topological polar surface area (TPSA) is 42.1 Å². The largest absolute Gasteiger partial charge is 0.398 e. The molecule has 0 saturated carbocycles. The molecule has 3 aromatic rings. The number of fused-ring (bicyclic) bond motifs is 2. The molecule has 1 aromatic heterocycles. The van der Waals surface area contributed by atoms with Crippen LogP contribution in [0.1, 0.15) is 24.0 Å². The lowest BCUT2D eigenvalue weighted by Gasteiger charge is -2.25. The van der Waals surface area contributed by atoms with E-state index >= 15 is 0 Å². The number of hydrogen-bond donors (Lipinski definition) is 1. The Morgan fingerprint density at radius 2 is 1.84 bits per heavy atom. The Labute approximate surface area is 162 Å². The average molecular weight is 419 g/mol. The molecule has 0 atom stereocenters. The van der Waals surface area contributed by atoms with Crippen molar-refractivity contribution in [1.29, 1.82) is 0 Å². The normalized spacial score (nSPS) is 13.9. The van der Waals surface area contributed by atoms with E-state index in [-0.39, 0.29) is 12.4 Å². The van der Waals surface area contributed by atoms with Gasteiger partial charge >= 0.3 is 0 Å². The van der Waals surface area contributed by atoms with E-state index in [4.69, 9.17) is 10.7 Å². The van der Waals surface area contributed by atoms with Crippen LogP contribution in [0.15, 0.2) is 53.0 Å². The second-order valence-electron chi connectivity index (χ2n) is 6.33. The first-order valence-corrected chi connectivity index (χ1v) is 9.19. The minimum Gasteiger partial charge on any atom is -0.398 e. The maximum atomic E-state index is 6.57. The van der Waals surface area contributed by atoms with Gasteiger partial charge in [0.25, 0.3) is 0 Å². The van der Waals surface area contributed by atoms with Gasteiger partial charge in [0.15, 0.2) is 0 Å². The highest BCUT2D eigenvalue weighted by atomic mass is 79.9. The van der Waals surface area contributed by atoms with Crippen LogP contribution in [0.25, 0.3) is 10.9 Å². The molecule has 25 heavy (non-hydrogen) atoms. The number of nitrogen functional groups attached to an aromatic ring is 1. The molecule has 0 saturated heterocycles. The van der Waals surface area contributed by atoms with Crippen LogP contribution in [0, 0.1) is 0 Å². The summed E-state index contributed by atoms with van der Waals surface area (Å²) in [5.74, 6) is 1.06. The summed E-state index contributed by atoms with van der Waals surface area (Å²) >= 11 is 3.63. The van der Waals surface area contributed by atoms with E-state index in [2.05, 4.69) is 51.2 Å². The molecule has 0 bridgehead atoms. The Hall–Kier alpha value is -1.78. The van der Waals surface area contributed by atoms with Gasteiger partial charge in [0.05, 0.1) is 5.52 Å². The van der Waals surface area contributed by atoms with Gasteiger partial charge in [0.2, 0.25) is 0 Å². The zero-order valence-corrected chi connectivity index (χ0v) is 16.3. The highest BCUT2D eigenvalue weighted by Crippen LogP contribution is 2.37. The molecule has 0 aliphatic carbocycles. The van der Waals surface area contributed by atoms with E-state index in [0.29, 0.717) is 0 Å². The van der Waals surface area contributed by atoms with Gasteiger partial charge in [0, 0.05) is 34.2 Å². The molecule has 2 aromatic carbocycles. The van der Waals surface area contributed by atoms with Crippen LogP contribution in [0.2, 0.25) is 0 Å². The van der Waals surface area contributed by atoms with E-state index < -0.39 is 0 Å². The lowest BCUT2D eigenvalue weighted by atomic mass is 10.0. The van der Waals surface area contributed by atoms with Gasteiger partial charge in [0.1, 0.15) is 5.82 Å². The molecule has 0 amide bonds. The number of hydrogen-bond acceptors (Lipinski definition) is 3. The molecular formula is C20H21BrClN3. The molecule has 2 heterocycles. The highest BCUT2D eigenvalue weighted by Gasteiger charge is 2.22. The van der Waals surface area contributed by atoms with Crippen LogP contribution in [0.3, 0.4) is 0 Å². The number of nitrogens with zero attached hydrogens (tertiary/aromatic N) is 2. The van der Waals surface area contributed by atoms with Crippen LogP contribution in [0.4, 0.5) is 11.5 Å². The first kappa shape index (κ1) is 18.0. The predicted molar refractivity (Wildman–Crippen MR) is 112 cm³/mol. The molecule has 1 aliphatic heterocycles. The van der Waals surface area contributed by atoms with Crippen molar-refractivity contribution in [2.45, 2.75) is 25.8 Å². The second-order valence-corrected chi connectivity index (χ2v) is 7.18. The first-order valence-electron chi connectivity index (χ1n) is 8.39. The number of aromatic nitrogens is 1. The molecule has 0 radical (unpaired) electrons. The summed E-state index contributed by atoms with van der Waals surface area (Å²) < 4.78 is 1.02. The van der Waals surface area contributed by atoms with E-state index in [1.165, 1.54) is 17.5 Å². The summed E-state index contributed by atoms with van der Waals surface area (Å²) in [6, 6.07) is 16.7. The van der Waals surface area contributed by atoms with Crippen molar-refractivity contribution in [1.82, 2.24) is 4.98 Å². The van der Waals surface area contributed by atoms with Crippen molar-refractivity contribution in [3.05, 3.63) is 64.1 Å². The van der Waals surface area contributed by atoms with Gasteiger partial charge in [-0.2, -0.15) is 0 Å². The number of rotatable bonds is 2. The van der Waals surface area contributed by atoms with Crippen LogP contribution in [-0.4, -0.2) is 11.5 Å². The molecule has 0 fully saturated rings. The summed E-state index contributed by atoms with van der Waals surface area (Å²) in [5.41, 5.74) is 10.9. The third-order valence-electron chi connectivity index (χ3n) is 4.70. The van der Waals surface area contributed by atoms with Crippen LogP contribution in [-0.2, 0) is 13.0 Å². The fourth-order valence-electron chi connectivity index (χ4n) is 3.50. The molecule has 2 N–H and O–H groups in total. The first-order chi connectivity index (χ1) is 11.7. The second kappa shape index (κ2) is 7.63. The molecular weight excluding hydrogens is 398 g/mol. The van der Waals surface area contributed by atoms with E-state index in [1.54, 1.807) is 0 Å². The van der Waals surface area contributed by atoms with Gasteiger partial charge in [-0.1, -0.05) is 52.3 Å². The Morgan fingerprint density at radius 3 is 2.64 bits per heavy atom. The van der Waals surface area contributed by atoms with Gasteiger partial charge in [-0.25, -0.2) is 4.98 Å². The number of anilines is 2. The Kier molecular flexibility index (Phi) is 5.50. The quantitative estimate of drug-likeness (QED) is 0.610. The van der Waals surface area contributed by atoms with Gasteiger partial charge < -0.3 is 10.6 Å². The van der Waals surface area contributed by atoms with Crippen molar-refractivity contribution >= 4 is 50.7 Å². The summed E-state index contributed by atoms with van der Waals surface area (Å²) in [7, 11) is 0. The molecule has 4 rings (SSSR count). The zero-order chi connectivity index (χ0) is 16.5. The lowest BCUT2D eigenvalue weighted by molar-refractivity contribution is 0.711. The smallest absolute Gasteiger partial charge is 0.134 e. The number of pyridine rings is 1. The molecule has 5 heteroatoms. The van der Waals surface area contributed by atoms with Gasteiger partial charge in [-0.15, -0.1) is 12.4 Å². The van der Waals surface area contributed by atoms with Crippen molar-refractivity contribution in [2.24, 2.45) is 0 Å². The Morgan fingerprint density at radius 1 is 1.04 bits per heavy atom. The molecule has 3 nitrogen and oxygen atoms in total. The van der Waals surface area contributed by atoms with Crippen molar-refractivity contribution < 1.29 is 0 Å². The third-order valence-corrected chi connectivity index (χ3v) is 5.36. The van der Waals surface area contributed by atoms with Crippen molar-refractivity contribution in [3.8, 4) is 0 Å². The van der Waals surface area contributed by atoms with Crippen molar-refractivity contribution in [2.75, 3.05) is 17.2 Å². The Balaban J connectivity index is 0.00000182. The zero-order valence-electron chi connectivity index (χ0n) is 13.9. The van der Waals surface area contributed by atoms with E-state index in [0.717, 1.165) is 52.8 Å². The predicted octanol–water partition coefficient (Wildman–Crippen LogP) is 5.34. The van der Waals surface area contributed by atoms with Crippen LogP contribution < -0.4 is 10.6 Å². The van der Waals surface area contributed by atoms with Crippen molar-refractivity contribution in [3.63, 3.8) is 0 Å². The number of halogens is 2. The SMILES string of the molecule is Cl.Nc1c2c(nc3cccc(Br)c13)N(Cc1ccccc1)CCCC2. The maximum Gasteiger partial charge on any atom is 0.134 e. The summed E-state index contributed by atoms with van der Waals surface area (Å²) in [4.78, 5) is 7.37. The van der Waals surface area contributed by atoms with E-state index in [9.17, 15) is 0 Å². The molecule has 0 unspecified atom stereocenters. The average Bonchev–Trinajstić information content (AvgIpc) is 2.79. The van der Waals surface area contributed by atoms with Crippen LogP contribution in [0.5, 0.6) is 0 Å². The van der Waals surface area contributed by atoms with Gasteiger partial charge in [-0.3, -0.25) is 0 Å². The number of nitrogens with two attached hydrogens (primary N) is 1. The number of benzene rings is 2. The minimum absolute atomic E-state index is 0. The van der Waals surface area contributed by atoms with Crippen LogP contribution >= 0.6 is 28.3 Å². The maximum absolute atomic E-state index is 6.57. The fraction of sp³-hybridized carbons (Fsp3) is 0.250. The standard InChI is InChI=1S/C20H20BrN3.ClH/c21-16-10-6-11-17-18(16)19(22)15-9-4-5-12-24(20(15)23-17)13-14-7-2-1-3-8-14;/h1-3,6-8,10-11H,4-5,9,12-13H2,(H2,22,23);1H. The lowest BCUT2D eigenvalue weighted by Crippen LogP contribution is -2.25.